The molecular formula is C7H15N3O2. The van der Waals surface area contributed by atoms with Crippen LogP contribution in [0.15, 0.2) is 0 Å². The van der Waals surface area contributed by atoms with Gasteiger partial charge in [-0.15, -0.1) is 0 Å². The molecule has 0 aromatic carbocycles. The molecule has 1 saturated heterocycles. The lowest BCUT2D eigenvalue weighted by Gasteiger charge is -2.14. The van der Waals surface area contributed by atoms with Gasteiger partial charge in [0.05, 0.1) is 7.11 Å². The second kappa shape index (κ2) is 4.27. The van der Waals surface area contributed by atoms with Crippen LogP contribution in [0.4, 0.5) is 4.79 Å². The number of amides is 1. The van der Waals surface area contributed by atoms with Gasteiger partial charge in [-0.25, -0.2) is 4.79 Å². The molecule has 0 radical (unpaired) electrons. The Bertz CT molecular complexity index is 163. The first-order valence-corrected chi connectivity index (χ1v) is 4.04. The van der Waals surface area contributed by atoms with Gasteiger partial charge in [-0.05, 0) is 12.3 Å². The Morgan fingerprint density at radius 3 is 3.17 bits per heavy atom. The van der Waals surface area contributed by atoms with Crippen LogP contribution >= 0.6 is 0 Å². The lowest BCUT2D eigenvalue weighted by Crippen LogP contribution is -2.32. The molecule has 5 heteroatoms. The summed E-state index contributed by atoms with van der Waals surface area (Å²) in [5.41, 5.74) is 2.61. The van der Waals surface area contributed by atoms with E-state index in [1.54, 1.807) is 4.90 Å². The van der Waals surface area contributed by atoms with Gasteiger partial charge in [-0.2, -0.15) is 0 Å². The summed E-state index contributed by atoms with van der Waals surface area (Å²) in [6, 6.07) is 0. The van der Waals surface area contributed by atoms with E-state index in [2.05, 4.69) is 10.2 Å². The molecule has 0 aromatic heterocycles. The summed E-state index contributed by atoms with van der Waals surface area (Å²) in [5.74, 6) is 5.64. The number of methoxy groups -OCH3 is 1. The fourth-order valence-corrected chi connectivity index (χ4v) is 1.46. The van der Waals surface area contributed by atoms with E-state index in [4.69, 9.17) is 5.84 Å². The standard InChI is InChI=1S/C7H15N3O2/c1-12-7(11)10-3-2-6(5-10)4-9-8/h6,9H,2-5,8H2,1H3. The summed E-state index contributed by atoms with van der Waals surface area (Å²) in [6.07, 6.45) is 0.758. The molecule has 1 unspecified atom stereocenters. The highest BCUT2D eigenvalue weighted by Crippen LogP contribution is 2.15. The number of hydrogen-bond donors (Lipinski definition) is 2. The summed E-state index contributed by atoms with van der Waals surface area (Å²) in [6.45, 7) is 2.28. The number of likely N-dealkylation sites (tertiary alicyclic amines) is 1. The van der Waals surface area contributed by atoms with Crippen LogP contribution in [0.25, 0.3) is 0 Å². The average Bonchev–Trinajstić information content (AvgIpc) is 2.52. The molecule has 1 atom stereocenters. The second-order valence-corrected chi connectivity index (χ2v) is 2.98. The molecule has 1 rings (SSSR count). The van der Waals surface area contributed by atoms with Crippen molar-refractivity contribution >= 4 is 6.09 Å². The van der Waals surface area contributed by atoms with E-state index < -0.39 is 0 Å². The van der Waals surface area contributed by atoms with E-state index >= 15 is 0 Å². The highest BCUT2D eigenvalue weighted by Gasteiger charge is 2.25. The van der Waals surface area contributed by atoms with E-state index in [1.165, 1.54) is 7.11 Å². The minimum atomic E-state index is -0.241. The lowest BCUT2D eigenvalue weighted by atomic mass is 10.1. The van der Waals surface area contributed by atoms with Crippen LogP contribution in [0.2, 0.25) is 0 Å². The fraction of sp³-hybridized carbons (Fsp3) is 0.857. The highest BCUT2D eigenvalue weighted by molar-refractivity contribution is 5.67. The minimum absolute atomic E-state index is 0.241. The maximum atomic E-state index is 11.0. The zero-order valence-electron chi connectivity index (χ0n) is 7.25. The topological polar surface area (TPSA) is 67.6 Å². The van der Waals surface area contributed by atoms with E-state index in [9.17, 15) is 4.79 Å². The van der Waals surface area contributed by atoms with Crippen molar-refractivity contribution in [1.29, 1.82) is 0 Å². The molecule has 70 valence electrons. The van der Waals surface area contributed by atoms with Crippen LogP contribution in [0.3, 0.4) is 0 Å². The molecule has 1 fully saturated rings. The third-order valence-corrected chi connectivity index (χ3v) is 2.13. The molecule has 0 bridgehead atoms. The van der Waals surface area contributed by atoms with Crippen molar-refractivity contribution in [2.24, 2.45) is 11.8 Å². The first-order valence-electron chi connectivity index (χ1n) is 4.04. The van der Waals surface area contributed by atoms with Gasteiger partial charge in [0.2, 0.25) is 0 Å². The van der Waals surface area contributed by atoms with Gasteiger partial charge in [0, 0.05) is 19.6 Å². The molecule has 0 saturated carbocycles. The number of nitrogens with two attached hydrogens (primary N) is 1. The number of rotatable bonds is 2. The summed E-state index contributed by atoms with van der Waals surface area (Å²) >= 11 is 0. The van der Waals surface area contributed by atoms with Crippen LogP contribution in [-0.4, -0.2) is 37.7 Å². The average molecular weight is 173 g/mol. The van der Waals surface area contributed by atoms with Crippen molar-refractivity contribution in [2.75, 3.05) is 26.7 Å². The zero-order valence-corrected chi connectivity index (χ0v) is 7.25. The Labute approximate surface area is 71.8 Å². The Balaban J connectivity index is 2.30. The zero-order chi connectivity index (χ0) is 8.97. The maximum absolute atomic E-state index is 11.0. The number of nitrogens with zero attached hydrogens (tertiary/aromatic N) is 1. The fourth-order valence-electron chi connectivity index (χ4n) is 1.46. The lowest BCUT2D eigenvalue weighted by molar-refractivity contribution is 0.131. The molecule has 0 aromatic rings. The molecule has 0 aliphatic carbocycles. The molecule has 1 amide bonds. The van der Waals surface area contributed by atoms with Gasteiger partial charge in [-0.3, -0.25) is 11.3 Å². The number of hydrazine groups is 1. The predicted octanol–water partition coefficient (Wildman–Crippen LogP) is -0.462. The third-order valence-electron chi connectivity index (χ3n) is 2.13. The molecule has 1 heterocycles. The molecule has 3 N–H and O–H groups in total. The number of carbonyl (C=O) groups is 1. The van der Waals surface area contributed by atoms with Crippen molar-refractivity contribution < 1.29 is 9.53 Å². The first-order chi connectivity index (χ1) is 5.77. The summed E-state index contributed by atoms with van der Waals surface area (Å²) in [7, 11) is 1.40. The van der Waals surface area contributed by atoms with Crippen LogP contribution in [-0.2, 0) is 4.74 Å². The molecule has 12 heavy (non-hydrogen) atoms. The predicted molar refractivity (Wildman–Crippen MR) is 44.3 cm³/mol. The smallest absolute Gasteiger partial charge is 0.409 e. The number of carbonyl (C=O) groups excluding carboxylic acids is 1. The molecule has 1 aliphatic heterocycles. The number of ether oxygens (including phenoxy) is 1. The molecule has 5 nitrogen and oxygen atoms in total. The largest absolute Gasteiger partial charge is 0.453 e. The number of nitrogens with one attached hydrogen (secondary N) is 1. The Hall–Kier alpha value is -0.810. The molecule has 0 spiro atoms. The highest BCUT2D eigenvalue weighted by atomic mass is 16.5. The normalized spacial score (nSPS) is 22.8. The second-order valence-electron chi connectivity index (χ2n) is 2.98. The van der Waals surface area contributed by atoms with Gasteiger partial charge in [0.25, 0.3) is 0 Å². The third kappa shape index (κ3) is 2.09. The summed E-state index contributed by atoms with van der Waals surface area (Å²) in [4.78, 5) is 12.7. The minimum Gasteiger partial charge on any atom is -0.453 e. The van der Waals surface area contributed by atoms with Crippen molar-refractivity contribution in [3.63, 3.8) is 0 Å². The van der Waals surface area contributed by atoms with Gasteiger partial charge >= 0.3 is 6.09 Å². The van der Waals surface area contributed by atoms with Gasteiger partial charge in [0.1, 0.15) is 0 Å². The van der Waals surface area contributed by atoms with Crippen molar-refractivity contribution in [2.45, 2.75) is 6.42 Å². The monoisotopic (exact) mass is 173 g/mol. The summed E-state index contributed by atoms with van der Waals surface area (Å²) < 4.78 is 4.60. The van der Waals surface area contributed by atoms with E-state index in [1.807, 2.05) is 0 Å². The van der Waals surface area contributed by atoms with Gasteiger partial charge in [0.15, 0.2) is 0 Å². The van der Waals surface area contributed by atoms with Crippen LogP contribution in [0.1, 0.15) is 6.42 Å². The van der Waals surface area contributed by atoms with Crippen molar-refractivity contribution in [3.8, 4) is 0 Å². The maximum Gasteiger partial charge on any atom is 0.409 e. The van der Waals surface area contributed by atoms with Crippen LogP contribution in [0, 0.1) is 5.92 Å². The van der Waals surface area contributed by atoms with Crippen molar-refractivity contribution in [1.82, 2.24) is 10.3 Å². The molecule has 1 aliphatic rings. The van der Waals surface area contributed by atoms with E-state index in [0.29, 0.717) is 5.92 Å². The Morgan fingerprint density at radius 2 is 2.58 bits per heavy atom. The molecular weight excluding hydrogens is 158 g/mol. The van der Waals surface area contributed by atoms with Gasteiger partial charge in [-0.1, -0.05) is 0 Å². The van der Waals surface area contributed by atoms with Crippen molar-refractivity contribution in [3.05, 3.63) is 0 Å². The SMILES string of the molecule is COC(=O)N1CCC(CNN)C1. The van der Waals surface area contributed by atoms with Gasteiger partial charge < -0.3 is 9.64 Å². The number of hydrogen-bond acceptors (Lipinski definition) is 4. The van der Waals surface area contributed by atoms with E-state index in [0.717, 1.165) is 26.1 Å². The first kappa shape index (κ1) is 9.28. The Morgan fingerprint density at radius 1 is 1.83 bits per heavy atom. The quantitative estimate of drug-likeness (QED) is 0.438. The summed E-state index contributed by atoms with van der Waals surface area (Å²) in [5, 5.41) is 0. The Kier molecular flexibility index (Phi) is 3.31. The van der Waals surface area contributed by atoms with Crippen LogP contribution in [0.5, 0.6) is 0 Å². The van der Waals surface area contributed by atoms with Crippen LogP contribution < -0.4 is 11.3 Å². The van der Waals surface area contributed by atoms with E-state index in [-0.39, 0.29) is 6.09 Å².